The smallest absolute Gasteiger partial charge is 0.119 e. The first-order valence-electron chi connectivity index (χ1n) is 8.84. The van der Waals surface area contributed by atoms with Crippen molar-refractivity contribution < 1.29 is 9.84 Å². The van der Waals surface area contributed by atoms with E-state index in [0.29, 0.717) is 17.6 Å². The number of rotatable bonds is 9. The van der Waals surface area contributed by atoms with Gasteiger partial charge in [-0.05, 0) is 50.1 Å². The van der Waals surface area contributed by atoms with Crippen LogP contribution in [0.1, 0.15) is 31.4 Å². The maximum atomic E-state index is 10.4. The third-order valence-corrected chi connectivity index (χ3v) is 4.64. The largest absolute Gasteiger partial charge is 0.491 e. The second kappa shape index (κ2) is 9.81. The Hall–Kier alpha value is -1.55. The van der Waals surface area contributed by atoms with Gasteiger partial charge in [-0.2, -0.15) is 0 Å². The van der Waals surface area contributed by atoms with Crippen LogP contribution in [0.2, 0.25) is 5.02 Å². The van der Waals surface area contributed by atoms with E-state index in [4.69, 9.17) is 16.3 Å². The summed E-state index contributed by atoms with van der Waals surface area (Å²) >= 11 is 5.87. The average molecular weight is 362 g/mol. The summed E-state index contributed by atoms with van der Waals surface area (Å²) in [6.07, 6.45) is 0.491. The molecule has 0 amide bonds. The Balaban J connectivity index is 1.92. The van der Waals surface area contributed by atoms with Gasteiger partial charge in [0.05, 0.1) is 0 Å². The number of aryl methyl sites for hydroxylation is 1. The number of hydrogen-bond acceptors (Lipinski definition) is 3. The Morgan fingerprint density at radius 2 is 1.88 bits per heavy atom. The van der Waals surface area contributed by atoms with E-state index in [1.807, 2.05) is 12.1 Å². The van der Waals surface area contributed by atoms with Crippen LogP contribution in [0, 0.1) is 6.92 Å². The normalized spacial score (nSPS) is 13.7. The van der Waals surface area contributed by atoms with E-state index in [-0.39, 0.29) is 6.61 Å². The Morgan fingerprint density at radius 3 is 2.52 bits per heavy atom. The van der Waals surface area contributed by atoms with Crippen LogP contribution in [0.15, 0.2) is 48.5 Å². The molecule has 2 aromatic carbocycles. The van der Waals surface area contributed by atoms with E-state index in [1.54, 1.807) is 12.1 Å². The van der Waals surface area contributed by atoms with Crippen molar-refractivity contribution in [2.24, 2.45) is 0 Å². The number of halogens is 1. The fourth-order valence-corrected chi connectivity index (χ4v) is 2.88. The quantitative estimate of drug-likeness (QED) is 0.703. The van der Waals surface area contributed by atoms with Gasteiger partial charge in [0.1, 0.15) is 18.5 Å². The highest BCUT2D eigenvalue weighted by molar-refractivity contribution is 6.30. The molecule has 0 aliphatic carbocycles. The van der Waals surface area contributed by atoms with Gasteiger partial charge in [0.25, 0.3) is 0 Å². The molecule has 0 spiro atoms. The maximum absolute atomic E-state index is 10.4. The second-order valence-electron chi connectivity index (χ2n) is 6.59. The molecule has 1 N–H and O–H groups in total. The molecular weight excluding hydrogens is 334 g/mol. The molecule has 0 saturated heterocycles. The standard InChI is InChI=1S/C21H28ClNO2/c1-4-17(3)23(13-18-7-5-6-16(2)12-18)14-20(24)15-25-21-10-8-19(22)9-11-21/h5-12,17,20,24H,4,13-15H2,1-3H3/t17-,20+/m1/s1. The van der Waals surface area contributed by atoms with Crippen molar-refractivity contribution in [1.82, 2.24) is 4.90 Å². The van der Waals surface area contributed by atoms with Crippen LogP contribution in [-0.4, -0.2) is 35.3 Å². The molecule has 0 aliphatic heterocycles. The lowest BCUT2D eigenvalue weighted by atomic mass is 10.1. The highest BCUT2D eigenvalue weighted by atomic mass is 35.5. The van der Waals surface area contributed by atoms with Crippen molar-refractivity contribution in [1.29, 1.82) is 0 Å². The molecule has 136 valence electrons. The van der Waals surface area contributed by atoms with E-state index in [9.17, 15) is 5.11 Å². The first-order chi connectivity index (χ1) is 12.0. The monoisotopic (exact) mass is 361 g/mol. The fourth-order valence-electron chi connectivity index (χ4n) is 2.75. The number of aliphatic hydroxyl groups is 1. The number of hydrogen-bond donors (Lipinski definition) is 1. The summed E-state index contributed by atoms with van der Waals surface area (Å²) in [6, 6.07) is 16.1. The van der Waals surface area contributed by atoms with Gasteiger partial charge in [-0.1, -0.05) is 48.4 Å². The molecule has 3 nitrogen and oxygen atoms in total. The zero-order chi connectivity index (χ0) is 18.2. The minimum atomic E-state index is -0.547. The van der Waals surface area contributed by atoms with Gasteiger partial charge >= 0.3 is 0 Å². The minimum absolute atomic E-state index is 0.266. The maximum Gasteiger partial charge on any atom is 0.119 e. The van der Waals surface area contributed by atoms with E-state index < -0.39 is 6.10 Å². The van der Waals surface area contributed by atoms with Gasteiger partial charge < -0.3 is 9.84 Å². The average Bonchev–Trinajstić information content (AvgIpc) is 2.60. The summed E-state index contributed by atoms with van der Waals surface area (Å²) in [5.41, 5.74) is 2.53. The van der Waals surface area contributed by atoms with Crippen molar-refractivity contribution in [3.8, 4) is 5.75 Å². The molecule has 2 atom stereocenters. The van der Waals surface area contributed by atoms with Gasteiger partial charge in [0.15, 0.2) is 0 Å². The Kier molecular flexibility index (Phi) is 7.76. The molecule has 0 unspecified atom stereocenters. The third-order valence-electron chi connectivity index (χ3n) is 4.38. The zero-order valence-electron chi connectivity index (χ0n) is 15.3. The molecule has 0 radical (unpaired) electrons. The number of benzene rings is 2. The van der Waals surface area contributed by atoms with E-state index in [2.05, 4.69) is 49.9 Å². The van der Waals surface area contributed by atoms with E-state index >= 15 is 0 Å². The molecule has 0 bridgehead atoms. The fraction of sp³-hybridized carbons (Fsp3) is 0.429. The van der Waals surface area contributed by atoms with Crippen LogP contribution in [0.4, 0.5) is 0 Å². The zero-order valence-corrected chi connectivity index (χ0v) is 16.0. The number of aliphatic hydroxyl groups excluding tert-OH is 1. The van der Waals surface area contributed by atoms with Gasteiger partial charge in [-0.15, -0.1) is 0 Å². The molecule has 0 heterocycles. The highest BCUT2D eigenvalue weighted by Gasteiger charge is 2.17. The topological polar surface area (TPSA) is 32.7 Å². The molecule has 4 heteroatoms. The number of ether oxygens (including phenoxy) is 1. The van der Waals surface area contributed by atoms with Crippen LogP contribution in [-0.2, 0) is 6.54 Å². The Labute approximate surface area is 156 Å². The predicted molar refractivity (Wildman–Crippen MR) is 104 cm³/mol. The Morgan fingerprint density at radius 1 is 1.16 bits per heavy atom. The van der Waals surface area contributed by atoms with Gasteiger partial charge in [0, 0.05) is 24.2 Å². The summed E-state index contributed by atoms with van der Waals surface area (Å²) in [6.45, 7) is 8.15. The molecule has 2 rings (SSSR count). The molecule has 25 heavy (non-hydrogen) atoms. The summed E-state index contributed by atoms with van der Waals surface area (Å²) in [5.74, 6) is 0.720. The molecule has 0 aliphatic rings. The van der Waals surface area contributed by atoms with Crippen LogP contribution in [0.3, 0.4) is 0 Å². The van der Waals surface area contributed by atoms with Gasteiger partial charge in [0.2, 0.25) is 0 Å². The lowest BCUT2D eigenvalue weighted by molar-refractivity contribution is 0.0506. The molecule has 2 aromatic rings. The van der Waals surface area contributed by atoms with Crippen LogP contribution in [0.25, 0.3) is 0 Å². The molecule has 0 aromatic heterocycles. The summed E-state index contributed by atoms with van der Waals surface area (Å²) in [5, 5.41) is 11.1. The van der Waals surface area contributed by atoms with Gasteiger partial charge in [-0.3, -0.25) is 4.90 Å². The van der Waals surface area contributed by atoms with E-state index in [1.165, 1.54) is 11.1 Å². The minimum Gasteiger partial charge on any atom is -0.491 e. The summed E-state index contributed by atoms with van der Waals surface area (Å²) in [7, 11) is 0. The molecule has 0 saturated carbocycles. The third kappa shape index (κ3) is 6.69. The van der Waals surface area contributed by atoms with Crippen molar-refractivity contribution in [2.45, 2.75) is 45.9 Å². The van der Waals surface area contributed by atoms with Crippen molar-refractivity contribution in [2.75, 3.05) is 13.2 Å². The van der Waals surface area contributed by atoms with Crippen LogP contribution < -0.4 is 4.74 Å². The Bertz CT molecular complexity index is 645. The lowest BCUT2D eigenvalue weighted by Gasteiger charge is -2.30. The van der Waals surface area contributed by atoms with E-state index in [0.717, 1.165) is 18.7 Å². The SMILES string of the molecule is CC[C@@H](C)N(Cc1cccc(C)c1)C[C@H](O)COc1ccc(Cl)cc1. The molecule has 0 fully saturated rings. The predicted octanol–water partition coefficient (Wildman–Crippen LogP) is 4.69. The van der Waals surface area contributed by atoms with Crippen molar-refractivity contribution in [3.63, 3.8) is 0 Å². The lowest BCUT2D eigenvalue weighted by Crippen LogP contribution is -2.40. The van der Waals surface area contributed by atoms with Crippen molar-refractivity contribution in [3.05, 3.63) is 64.7 Å². The van der Waals surface area contributed by atoms with Crippen molar-refractivity contribution >= 4 is 11.6 Å². The summed E-state index contributed by atoms with van der Waals surface area (Å²) < 4.78 is 5.67. The van der Waals surface area contributed by atoms with Gasteiger partial charge in [-0.25, -0.2) is 0 Å². The second-order valence-corrected chi connectivity index (χ2v) is 7.03. The number of nitrogens with zero attached hydrogens (tertiary/aromatic N) is 1. The highest BCUT2D eigenvalue weighted by Crippen LogP contribution is 2.17. The first-order valence-corrected chi connectivity index (χ1v) is 9.21. The summed E-state index contributed by atoms with van der Waals surface area (Å²) in [4.78, 5) is 2.31. The molecular formula is C21H28ClNO2. The van der Waals surface area contributed by atoms with Crippen LogP contribution in [0.5, 0.6) is 5.75 Å². The van der Waals surface area contributed by atoms with Crippen LogP contribution >= 0.6 is 11.6 Å². The first kappa shape index (κ1) is 19.8.